The number of benzene rings is 2. The third-order valence-corrected chi connectivity index (χ3v) is 9.90. The molecule has 0 spiro atoms. The topological polar surface area (TPSA) is 6.48 Å². The van der Waals surface area contributed by atoms with Crippen LogP contribution in [-0.2, 0) is 6.42 Å². The number of nitrogens with zero attached hydrogens (tertiary/aromatic N) is 2. The van der Waals surface area contributed by atoms with Crippen molar-refractivity contribution < 1.29 is 0 Å². The van der Waals surface area contributed by atoms with Crippen LogP contribution in [0, 0.1) is 0 Å². The molecule has 2 atom stereocenters. The summed E-state index contributed by atoms with van der Waals surface area (Å²) in [6.45, 7) is 9.31. The van der Waals surface area contributed by atoms with Gasteiger partial charge in [-0.25, -0.2) is 0 Å². The normalized spacial score (nSPS) is 17.2. The Kier molecular flexibility index (Phi) is 17.6. The monoisotopic (exact) mass is 587 g/mol. The lowest BCUT2D eigenvalue weighted by Crippen LogP contribution is -2.59. The van der Waals surface area contributed by atoms with Gasteiger partial charge in [0.25, 0.3) is 0 Å². The maximum Gasteiger partial charge on any atom is 0.123 e. The van der Waals surface area contributed by atoms with E-state index in [4.69, 9.17) is 0 Å². The van der Waals surface area contributed by atoms with E-state index in [1.165, 1.54) is 127 Å². The summed E-state index contributed by atoms with van der Waals surface area (Å²) in [6, 6.07) is 22.6. The third kappa shape index (κ3) is 11.7. The molecule has 0 aliphatic carbocycles. The molecule has 43 heavy (non-hydrogen) atoms. The molecule has 2 heteroatoms. The smallest absolute Gasteiger partial charge is 0.123 e. The molecule has 2 unspecified atom stereocenters. The molecular formula is C41H66N2. The van der Waals surface area contributed by atoms with Crippen LogP contribution >= 0.6 is 0 Å². The molecular weight excluding hydrogens is 520 g/mol. The summed E-state index contributed by atoms with van der Waals surface area (Å²) in [7, 11) is 0. The highest BCUT2D eigenvalue weighted by Crippen LogP contribution is 2.45. The summed E-state index contributed by atoms with van der Waals surface area (Å²) in [5.74, 6) is 0.446. The minimum atomic E-state index is -0.0544. The second-order valence-corrected chi connectivity index (χ2v) is 13.3. The van der Waals surface area contributed by atoms with Crippen molar-refractivity contribution >= 4 is 0 Å². The first-order chi connectivity index (χ1) is 21.3. The van der Waals surface area contributed by atoms with E-state index in [9.17, 15) is 0 Å². The Morgan fingerprint density at radius 3 is 1.35 bits per heavy atom. The molecule has 0 bridgehead atoms. The number of unbranched alkanes of at least 4 members (excludes halogenated alkanes) is 16. The Hall–Kier alpha value is -2.22. The fraction of sp³-hybridized carbons (Fsp3) is 0.659. The average molecular weight is 587 g/mol. The van der Waals surface area contributed by atoms with Crippen molar-refractivity contribution in [1.29, 1.82) is 0 Å². The van der Waals surface area contributed by atoms with Crippen molar-refractivity contribution in [2.24, 2.45) is 0 Å². The van der Waals surface area contributed by atoms with Gasteiger partial charge in [-0.2, -0.15) is 0 Å². The Bertz CT molecular complexity index is 954. The van der Waals surface area contributed by atoms with Gasteiger partial charge in [0.05, 0.1) is 0 Å². The highest BCUT2D eigenvalue weighted by atomic mass is 15.4. The van der Waals surface area contributed by atoms with Gasteiger partial charge in [-0.3, -0.25) is 0 Å². The van der Waals surface area contributed by atoms with E-state index in [2.05, 4.69) is 104 Å². The maximum atomic E-state index is 2.76. The molecule has 1 heterocycles. The van der Waals surface area contributed by atoms with Crippen molar-refractivity contribution in [3.63, 3.8) is 0 Å². The summed E-state index contributed by atoms with van der Waals surface area (Å²) in [5, 5.41) is 0. The molecule has 2 nitrogen and oxygen atoms in total. The molecule has 0 N–H and O–H groups in total. The van der Waals surface area contributed by atoms with Gasteiger partial charge in [0.2, 0.25) is 0 Å². The predicted molar refractivity (Wildman–Crippen MR) is 189 cm³/mol. The van der Waals surface area contributed by atoms with Crippen LogP contribution in [0.4, 0.5) is 0 Å². The number of rotatable bonds is 25. The number of hydrogen-bond donors (Lipinski definition) is 0. The van der Waals surface area contributed by atoms with E-state index in [0.29, 0.717) is 5.92 Å². The molecule has 0 aromatic heterocycles. The molecule has 3 rings (SSSR count). The van der Waals surface area contributed by atoms with Crippen LogP contribution in [0.3, 0.4) is 0 Å². The molecule has 0 saturated carbocycles. The summed E-state index contributed by atoms with van der Waals surface area (Å²) in [4.78, 5) is 5.50. The Labute approximate surface area is 267 Å². The van der Waals surface area contributed by atoms with Gasteiger partial charge in [0.1, 0.15) is 5.66 Å². The van der Waals surface area contributed by atoms with Crippen molar-refractivity contribution in [2.45, 2.75) is 161 Å². The second kappa shape index (κ2) is 21.5. The second-order valence-electron chi connectivity index (χ2n) is 13.3. The Morgan fingerprint density at radius 2 is 0.884 bits per heavy atom. The number of hydrogen-bond acceptors (Lipinski definition) is 2. The fourth-order valence-electron chi connectivity index (χ4n) is 7.44. The summed E-state index contributed by atoms with van der Waals surface area (Å²) < 4.78 is 0. The van der Waals surface area contributed by atoms with E-state index in [1.807, 2.05) is 0 Å². The van der Waals surface area contributed by atoms with Crippen LogP contribution in [0.2, 0.25) is 0 Å². The van der Waals surface area contributed by atoms with Gasteiger partial charge in [0.15, 0.2) is 0 Å². The van der Waals surface area contributed by atoms with Crippen LogP contribution in [0.5, 0.6) is 0 Å². The molecule has 0 radical (unpaired) electrons. The highest BCUT2D eigenvalue weighted by molar-refractivity contribution is 5.30. The van der Waals surface area contributed by atoms with Gasteiger partial charge in [-0.15, -0.1) is 0 Å². The van der Waals surface area contributed by atoms with Crippen molar-refractivity contribution in [2.75, 3.05) is 13.1 Å². The molecule has 0 saturated heterocycles. The zero-order valence-electron chi connectivity index (χ0n) is 28.5. The lowest BCUT2D eigenvalue weighted by molar-refractivity contribution is -0.00373. The van der Waals surface area contributed by atoms with Crippen LogP contribution in [-0.4, -0.2) is 28.6 Å². The largest absolute Gasteiger partial charge is 0.353 e. The van der Waals surface area contributed by atoms with E-state index >= 15 is 0 Å². The van der Waals surface area contributed by atoms with Gasteiger partial charge in [-0.1, -0.05) is 184 Å². The Morgan fingerprint density at radius 1 is 0.488 bits per heavy atom. The summed E-state index contributed by atoms with van der Waals surface area (Å²) in [5.41, 5.74) is 2.87. The van der Waals surface area contributed by atoms with Crippen LogP contribution in [0.15, 0.2) is 73.1 Å². The first kappa shape index (κ1) is 35.3. The first-order valence-electron chi connectivity index (χ1n) is 18.6. The predicted octanol–water partition coefficient (Wildman–Crippen LogP) is 12.3. The average Bonchev–Trinajstić information content (AvgIpc) is 3.37. The van der Waals surface area contributed by atoms with E-state index in [1.54, 1.807) is 0 Å². The highest BCUT2D eigenvalue weighted by Gasteiger charge is 2.49. The maximum absolute atomic E-state index is 2.76. The van der Waals surface area contributed by atoms with Gasteiger partial charge >= 0.3 is 0 Å². The molecule has 240 valence electrons. The minimum Gasteiger partial charge on any atom is -0.353 e. The van der Waals surface area contributed by atoms with Gasteiger partial charge < -0.3 is 9.80 Å². The fourth-order valence-corrected chi connectivity index (χ4v) is 7.44. The molecule has 1 aliphatic heterocycles. The van der Waals surface area contributed by atoms with E-state index in [-0.39, 0.29) is 5.66 Å². The summed E-state index contributed by atoms with van der Waals surface area (Å²) in [6.07, 6.45) is 32.1. The zero-order chi connectivity index (χ0) is 30.4. The third-order valence-electron chi connectivity index (χ3n) is 9.90. The molecule has 1 aliphatic rings. The lowest BCUT2D eigenvalue weighted by Gasteiger charge is -2.51. The van der Waals surface area contributed by atoms with Crippen molar-refractivity contribution in [1.82, 2.24) is 9.80 Å². The molecule has 0 amide bonds. The minimum absolute atomic E-state index is 0.0544. The summed E-state index contributed by atoms with van der Waals surface area (Å²) >= 11 is 0. The van der Waals surface area contributed by atoms with Gasteiger partial charge in [-0.05, 0) is 30.4 Å². The molecule has 2 aromatic rings. The quantitative estimate of drug-likeness (QED) is 0.107. The molecule has 2 aromatic carbocycles. The van der Waals surface area contributed by atoms with E-state index in [0.717, 1.165) is 25.9 Å². The van der Waals surface area contributed by atoms with Crippen LogP contribution in [0.1, 0.15) is 160 Å². The Balaban J connectivity index is 1.54. The standard InChI is InChI=1S/C41H66N2/c1-4-7-9-10-11-12-13-14-15-16-17-18-19-20-28-34-43-36-35-42(33-27-8-5-2)41(43,37-38-29-23-21-24-30-38)40(6-3)39-31-25-22-26-32-39/h21-26,29-32,35-36,40H,4-20,27-28,33-34,37H2,1-3H3. The van der Waals surface area contributed by atoms with Crippen molar-refractivity contribution in [3.05, 3.63) is 84.2 Å². The lowest BCUT2D eigenvalue weighted by atomic mass is 9.78. The van der Waals surface area contributed by atoms with Gasteiger partial charge in [0, 0.05) is 37.8 Å². The van der Waals surface area contributed by atoms with Crippen LogP contribution in [0.25, 0.3) is 0 Å². The SMILES string of the molecule is CCCCCCCCCCCCCCCCCN1C=CN(CCCCC)C1(Cc1ccccc1)C(CC)c1ccccc1. The van der Waals surface area contributed by atoms with Crippen LogP contribution < -0.4 is 0 Å². The van der Waals surface area contributed by atoms with Crippen molar-refractivity contribution in [3.8, 4) is 0 Å². The van der Waals surface area contributed by atoms with E-state index < -0.39 is 0 Å². The first-order valence-corrected chi connectivity index (χ1v) is 18.6. The molecule has 0 fully saturated rings. The zero-order valence-corrected chi connectivity index (χ0v) is 28.5.